The Labute approximate surface area is 376 Å². The lowest BCUT2D eigenvalue weighted by molar-refractivity contribution is -0.649. The lowest BCUT2D eigenvalue weighted by atomic mass is 9.95. The van der Waals surface area contributed by atoms with Crippen molar-refractivity contribution in [1.29, 1.82) is 0 Å². The molecule has 2 aromatic heterocycles. The van der Waals surface area contributed by atoms with Crippen LogP contribution in [0, 0.1) is 6.92 Å². The molecule has 2 heterocycles. The first kappa shape index (κ1) is 40.4. The SMILES string of the molecule is Cc1cccc(P(=O)(c2ccccc2)c2cccc(-[n+]3c(-c4ccccc4)cc(-c4ccc(-c5cc(-c6ccccc6)[n+](C)c(-c6ccccc6)c5)cc4)cc3-c3ccccc3)c2)c1. The fraction of sp³-hybridized carbons (Fsp3) is 0.0333. The zero-order valence-electron chi connectivity index (χ0n) is 35.9. The van der Waals surface area contributed by atoms with Crippen LogP contribution in [-0.4, -0.2) is 0 Å². The van der Waals surface area contributed by atoms with Gasteiger partial charge in [0.1, 0.15) is 7.05 Å². The second-order valence-electron chi connectivity index (χ2n) is 16.3. The van der Waals surface area contributed by atoms with Gasteiger partial charge < -0.3 is 4.57 Å². The molecule has 0 aliphatic carbocycles. The molecule has 0 fully saturated rings. The average molecular weight is 843 g/mol. The van der Waals surface area contributed by atoms with Crippen LogP contribution in [0.1, 0.15) is 5.56 Å². The van der Waals surface area contributed by atoms with E-state index in [9.17, 15) is 0 Å². The van der Waals surface area contributed by atoms with E-state index in [0.717, 1.165) is 83.3 Å². The smallest absolute Gasteiger partial charge is 0.219 e. The minimum Gasteiger partial charge on any atom is -0.309 e. The van der Waals surface area contributed by atoms with Gasteiger partial charge in [0.15, 0.2) is 7.14 Å². The van der Waals surface area contributed by atoms with E-state index in [0.29, 0.717) is 0 Å². The summed E-state index contributed by atoms with van der Waals surface area (Å²) in [5.41, 5.74) is 15.4. The average Bonchev–Trinajstić information content (AvgIpc) is 3.37. The zero-order valence-corrected chi connectivity index (χ0v) is 36.8. The third-order valence-electron chi connectivity index (χ3n) is 12.1. The van der Waals surface area contributed by atoms with Crippen LogP contribution in [0.15, 0.2) is 249 Å². The largest absolute Gasteiger partial charge is 0.309 e. The molecule has 64 heavy (non-hydrogen) atoms. The van der Waals surface area contributed by atoms with Gasteiger partial charge in [0, 0.05) is 74.6 Å². The summed E-state index contributed by atoms with van der Waals surface area (Å²) in [5.74, 6) is 0. The lowest BCUT2D eigenvalue weighted by Gasteiger charge is -2.21. The van der Waals surface area contributed by atoms with Crippen molar-refractivity contribution in [3.05, 3.63) is 254 Å². The van der Waals surface area contributed by atoms with Gasteiger partial charge in [-0.25, -0.2) is 0 Å². The van der Waals surface area contributed by atoms with Gasteiger partial charge in [-0.2, -0.15) is 9.13 Å². The Morgan fingerprint density at radius 2 is 0.672 bits per heavy atom. The molecular weight excluding hydrogens is 796 g/mol. The normalized spacial score (nSPS) is 12.1. The topological polar surface area (TPSA) is 24.8 Å². The lowest BCUT2D eigenvalue weighted by Crippen LogP contribution is -2.37. The number of hydrogen-bond acceptors (Lipinski definition) is 1. The van der Waals surface area contributed by atoms with E-state index in [1.54, 1.807) is 0 Å². The van der Waals surface area contributed by atoms with Crippen LogP contribution in [0.3, 0.4) is 0 Å². The van der Waals surface area contributed by atoms with E-state index in [1.165, 1.54) is 11.1 Å². The number of pyridine rings is 2. The maximum absolute atomic E-state index is 15.8. The maximum Gasteiger partial charge on any atom is 0.219 e. The molecule has 10 rings (SSSR count). The van der Waals surface area contributed by atoms with Crippen molar-refractivity contribution >= 4 is 23.1 Å². The summed E-state index contributed by atoms with van der Waals surface area (Å²) in [5, 5.41) is 2.42. The fourth-order valence-corrected chi connectivity index (χ4v) is 11.7. The molecule has 1 atom stereocenters. The van der Waals surface area contributed by atoms with Crippen molar-refractivity contribution in [1.82, 2.24) is 0 Å². The summed E-state index contributed by atoms with van der Waals surface area (Å²) in [6.07, 6.45) is 0. The quantitative estimate of drug-likeness (QED) is 0.0994. The van der Waals surface area contributed by atoms with E-state index in [-0.39, 0.29) is 0 Å². The zero-order chi connectivity index (χ0) is 43.5. The van der Waals surface area contributed by atoms with Crippen molar-refractivity contribution < 1.29 is 13.7 Å². The van der Waals surface area contributed by atoms with E-state index in [1.807, 2.05) is 48.5 Å². The Balaban J connectivity index is 1.14. The van der Waals surface area contributed by atoms with Crippen molar-refractivity contribution in [3.8, 4) is 73.0 Å². The summed E-state index contributed by atoms with van der Waals surface area (Å²) >= 11 is 0. The first-order valence-corrected chi connectivity index (χ1v) is 23.5. The van der Waals surface area contributed by atoms with Crippen LogP contribution < -0.4 is 25.0 Å². The van der Waals surface area contributed by atoms with E-state index in [4.69, 9.17) is 0 Å². The summed E-state index contributed by atoms with van der Waals surface area (Å²) in [7, 11) is -1.12. The predicted molar refractivity (Wildman–Crippen MR) is 266 cm³/mol. The third-order valence-corrected chi connectivity index (χ3v) is 15.2. The number of hydrogen-bond donors (Lipinski definition) is 0. The highest BCUT2D eigenvalue weighted by Crippen LogP contribution is 2.43. The number of aryl methyl sites for hydroxylation is 1. The minimum absolute atomic E-state index is 0.785. The Kier molecular flexibility index (Phi) is 11.1. The highest BCUT2D eigenvalue weighted by atomic mass is 31.2. The van der Waals surface area contributed by atoms with Gasteiger partial charge in [-0.05, 0) is 83.8 Å². The standard InChI is InChI=1S/C60H47N2OP/c1-44-20-18-32-55(38-44)64(63,54-30-16-7-17-31-54)56-33-19-29-53(43-56)62-59(49-25-12-5-13-26-49)41-52(42-60(62)50-27-14-6-15-28-50)46-36-34-45(35-37-46)51-39-57(47-21-8-3-9-22-47)61(2)58(40-51)48-23-10-4-11-24-48/h3-43H,1-2H3/q+2. The highest BCUT2D eigenvalue weighted by molar-refractivity contribution is 7.85. The summed E-state index contributed by atoms with van der Waals surface area (Å²) in [6, 6.07) is 87.0. The molecule has 0 saturated carbocycles. The molecule has 1 unspecified atom stereocenters. The van der Waals surface area contributed by atoms with Crippen molar-refractivity contribution in [2.45, 2.75) is 6.92 Å². The van der Waals surface area contributed by atoms with Crippen LogP contribution in [-0.2, 0) is 11.6 Å². The van der Waals surface area contributed by atoms with E-state index in [2.05, 4.69) is 223 Å². The van der Waals surface area contributed by atoms with E-state index < -0.39 is 7.14 Å². The molecule has 0 saturated heterocycles. The Hall–Kier alpha value is -7.71. The van der Waals surface area contributed by atoms with Gasteiger partial charge in [-0.1, -0.05) is 163 Å². The van der Waals surface area contributed by atoms with Crippen molar-refractivity contribution in [3.63, 3.8) is 0 Å². The minimum atomic E-state index is -3.27. The van der Waals surface area contributed by atoms with Crippen LogP contribution in [0.4, 0.5) is 0 Å². The molecule has 0 spiro atoms. The number of benzene rings is 8. The van der Waals surface area contributed by atoms with E-state index >= 15 is 4.57 Å². The monoisotopic (exact) mass is 842 g/mol. The molecule has 8 aromatic carbocycles. The molecule has 0 aliphatic rings. The molecule has 0 amide bonds. The first-order valence-electron chi connectivity index (χ1n) is 21.7. The summed E-state index contributed by atoms with van der Waals surface area (Å²) in [6.45, 7) is 2.06. The predicted octanol–water partition coefficient (Wildman–Crippen LogP) is 12.7. The highest BCUT2D eigenvalue weighted by Gasteiger charge is 2.33. The van der Waals surface area contributed by atoms with Crippen LogP contribution in [0.2, 0.25) is 0 Å². The Morgan fingerprint density at radius 1 is 0.312 bits per heavy atom. The second-order valence-corrected chi connectivity index (χ2v) is 19.0. The van der Waals surface area contributed by atoms with Gasteiger partial charge in [-0.3, -0.25) is 0 Å². The summed E-state index contributed by atoms with van der Waals surface area (Å²) < 4.78 is 20.4. The van der Waals surface area contributed by atoms with Crippen LogP contribution >= 0.6 is 7.14 Å². The molecule has 0 N–H and O–H groups in total. The second kappa shape index (κ2) is 17.6. The van der Waals surface area contributed by atoms with Crippen molar-refractivity contribution in [2.75, 3.05) is 0 Å². The molecule has 4 heteroatoms. The van der Waals surface area contributed by atoms with Crippen molar-refractivity contribution in [2.24, 2.45) is 7.05 Å². The van der Waals surface area contributed by atoms with Crippen LogP contribution in [0.5, 0.6) is 0 Å². The molecule has 3 nitrogen and oxygen atoms in total. The molecule has 306 valence electrons. The van der Waals surface area contributed by atoms with Gasteiger partial charge >= 0.3 is 0 Å². The third kappa shape index (κ3) is 7.83. The number of nitrogens with zero attached hydrogens (tertiary/aromatic N) is 2. The first-order chi connectivity index (χ1) is 31.4. The molecule has 0 aliphatic heterocycles. The number of aromatic nitrogens is 2. The van der Waals surface area contributed by atoms with Gasteiger partial charge in [0.25, 0.3) is 0 Å². The van der Waals surface area contributed by atoms with Gasteiger partial charge in [0.2, 0.25) is 28.5 Å². The number of rotatable bonds is 10. The summed E-state index contributed by atoms with van der Waals surface area (Å²) in [4.78, 5) is 0. The fourth-order valence-electron chi connectivity index (χ4n) is 8.87. The molecule has 0 bridgehead atoms. The molecular formula is C60H47N2OP+2. The van der Waals surface area contributed by atoms with Crippen LogP contribution in [0.25, 0.3) is 73.0 Å². The Bertz CT molecular complexity index is 3160. The van der Waals surface area contributed by atoms with Gasteiger partial charge in [-0.15, -0.1) is 0 Å². The molecule has 0 radical (unpaired) electrons. The van der Waals surface area contributed by atoms with Gasteiger partial charge in [0.05, 0.1) is 0 Å². The Morgan fingerprint density at radius 3 is 1.11 bits per heavy atom. The molecule has 10 aromatic rings. The maximum atomic E-state index is 15.8.